The number of methoxy groups -OCH3 is 1. The Morgan fingerprint density at radius 1 is 1.15 bits per heavy atom. The van der Waals surface area contributed by atoms with Gasteiger partial charge in [-0.15, -0.1) is 11.3 Å². The van der Waals surface area contributed by atoms with Gasteiger partial charge in [0.1, 0.15) is 4.88 Å². The second kappa shape index (κ2) is 5.27. The number of halogens is 1. The predicted octanol–water partition coefficient (Wildman–Crippen LogP) is 5.01. The first kappa shape index (κ1) is 13.2. The fraction of sp³-hybridized carbons (Fsp3) is 0.0625. The van der Waals surface area contributed by atoms with Crippen molar-refractivity contribution in [2.45, 2.75) is 0 Å². The lowest BCUT2D eigenvalue weighted by atomic mass is 10.0. The summed E-state index contributed by atoms with van der Waals surface area (Å²) < 4.78 is 5.84. The highest BCUT2D eigenvalue weighted by atomic mass is 35.5. The number of ether oxygens (including phenoxy) is 1. The van der Waals surface area contributed by atoms with E-state index in [0.29, 0.717) is 9.90 Å². The Hall–Kier alpha value is -1.84. The SMILES string of the molecule is COC(=O)c1cc2c(-c3cccc(Cl)c3)cccc2s1. The van der Waals surface area contributed by atoms with Gasteiger partial charge in [-0.3, -0.25) is 0 Å². The number of rotatable bonds is 2. The van der Waals surface area contributed by atoms with Gasteiger partial charge >= 0.3 is 5.97 Å². The third-order valence-corrected chi connectivity index (χ3v) is 4.40. The smallest absolute Gasteiger partial charge is 0.348 e. The Morgan fingerprint density at radius 2 is 1.95 bits per heavy atom. The highest BCUT2D eigenvalue weighted by Gasteiger charge is 2.13. The van der Waals surface area contributed by atoms with E-state index in [2.05, 4.69) is 0 Å². The van der Waals surface area contributed by atoms with E-state index in [-0.39, 0.29) is 5.97 Å². The average molecular weight is 303 g/mol. The van der Waals surface area contributed by atoms with Gasteiger partial charge in [-0.1, -0.05) is 35.9 Å². The summed E-state index contributed by atoms with van der Waals surface area (Å²) in [6, 6.07) is 15.6. The molecule has 0 spiro atoms. The average Bonchev–Trinajstić information content (AvgIpc) is 2.90. The first-order chi connectivity index (χ1) is 9.69. The zero-order valence-electron chi connectivity index (χ0n) is 10.7. The van der Waals surface area contributed by atoms with Gasteiger partial charge in [0.2, 0.25) is 0 Å². The molecule has 0 fully saturated rings. The molecule has 0 aliphatic rings. The molecule has 2 nitrogen and oxygen atoms in total. The van der Waals surface area contributed by atoms with Crippen LogP contribution in [0.15, 0.2) is 48.5 Å². The first-order valence-corrected chi connectivity index (χ1v) is 7.25. The molecule has 2 aromatic carbocycles. The molecule has 0 atom stereocenters. The minimum absolute atomic E-state index is 0.303. The Balaban J connectivity index is 2.21. The highest BCUT2D eigenvalue weighted by molar-refractivity contribution is 7.20. The molecular weight excluding hydrogens is 292 g/mol. The van der Waals surface area contributed by atoms with Crippen LogP contribution in [0.2, 0.25) is 5.02 Å². The van der Waals surface area contributed by atoms with Crippen molar-refractivity contribution in [3.8, 4) is 11.1 Å². The van der Waals surface area contributed by atoms with Gasteiger partial charge in [0.15, 0.2) is 0 Å². The molecule has 0 saturated carbocycles. The molecule has 3 rings (SSSR count). The van der Waals surface area contributed by atoms with Crippen LogP contribution in [0, 0.1) is 0 Å². The minimum atomic E-state index is -0.303. The maximum absolute atomic E-state index is 11.7. The standard InChI is InChI=1S/C16H11ClO2S/c1-19-16(18)15-9-13-12(6-3-7-14(13)20-15)10-4-2-5-11(17)8-10/h2-9H,1H3. The fourth-order valence-corrected chi connectivity index (χ4v) is 3.37. The summed E-state index contributed by atoms with van der Waals surface area (Å²) in [6.45, 7) is 0. The van der Waals surface area contributed by atoms with Crippen LogP contribution in [0.25, 0.3) is 21.2 Å². The van der Waals surface area contributed by atoms with Crippen molar-refractivity contribution in [2.24, 2.45) is 0 Å². The van der Waals surface area contributed by atoms with Crippen molar-refractivity contribution >= 4 is 39.0 Å². The van der Waals surface area contributed by atoms with E-state index in [1.54, 1.807) is 0 Å². The molecule has 100 valence electrons. The number of hydrogen-bond acceptors (Lipinski definition) is 3. The summed E-state index contributed by atoms with van der Waals surface area (Å²) in [5.41, 5.74) is 2.11. The maximum Gasteiger partial charge on any atom is 0.348 e. The lowest BCUT2D eigenvalue weighted by molar-refractivity contribution is 0.0606. The molecular formula is C16H11ClO2S. The van der Waals surface area contributed by atoms with Crippen molar-refractivity contribution < 1.29 is 9.53 Å². The van der Waals surface area contributed by atoms with Gasteiger partial charge in [-0.25, -0.2) is 4.79 Å². The largest absolute Gasteiger partial charge is 0.465 e. The van der Waals surface area contributed by atoms with E-state index in [4.69, 9.17) is 16.3 Å². The number of benzene rings is 2. The second-order valence-corrected chi connectivity index (χ2v) is 5.85. The lowest BCUT2D eigenvalue weighted by Crippen LogP contribution is -1.96. The molecule has 0 unspecified atom stereocenters. The Kier molecular flexibility index (Phi) is 3.47. The molecule has 4 heteroatoms. The van der Waals surface area contributed by atoms with Gasteiger partial charge in [0.05, 0.1) is 7.11 Å². The zero-order valence-corrected chi connectivity index (χ0v) is 12.3. The number of thiophene rings is 1. The zero-order chi connectivity index (χ0) is 14.1. The van der Waals surface area contributed by atoms with Crippen molar-refractivity contribution in [1.82, 2.24) is 0 Å². The van der Waals surface area contributed by atoms with E-state index in [0.717, 1.165) is 21.2 Å². The summed E-state index contributed by atoms with van der Waals surface area (Å²) in [4.78, 5) is 12.3. The van der Waals surface area contributed by atoms with Crippen molar-refractivity contribution in [1.29, 1.82) is 0 Å². The van der Waals surface area contributed by atoms with Gasteiger partial charge in [-0.05, 0) is 35.4 Å². The summed E-state index contributed by atoms with van der Waals surface area (Å²) in [6.07, 6.45) is 0. The number of esters is 1. The van der Waals surface area contributed by atoms with Crippen molar-refractivity contribution in [3.63, 3.8) is 0 Å². The van der Waals surface area contributed by atoms with Crippen LogP contribution in [-0.2, 0) is 4.74 Å². The van der Waals surface area contributed by atoms with Crippen LogP contribution in [0.3, 0.4) is 0 Å². The molecule has 1 aromatic heterocycles. The molecule has 0 N–H and O–H groups in total. The van der Waals surface area contributed by atoms with E-state index in [1.807, 2.05) is 48.5 Å². The molecule has 0 aliphatic carbocycles. The Bertz CT molecular complexity index is 792. The minimum Gasteiger partial charge on any atom is -0.465 e. The second-order valence-electron chi connectivity index (χ2n) is 4.33. The lowest BCUT2D eigenvalue weighted by Gasteiger charge is -2.03. The number of fused-ring (bicyclic) bond motifs is 1. The van der Waals surface area contributed by atoms with Gasteiger partial charge in [0.25, 0.3) is 0 Å². The van der Waals surface area contributed by atoms with Crippen LogP contribution in [0.4, 0.5) is 0 Å². The van der Waals surface area contributed by atoms with Crippen LogP contribution < -0.4 is 0 Å². The van der Waals surface area contributed by atoms with E-state index in [1.165, 1.54) is 18.4 Å². The summed E-state index contributed by atoms with van der Waals surface area (Å²) in [5, 5.41) is 1.74. The third kappa shape index (κ3) is 2.30. The number of hydrogen-bond donors (Lipinski definition) is 0. The van der Waals surface area contributed by atoms with Crippen molar-refractivity contribution in [2.75, 3.05) is 7.11 Å². The van der Waals surface area contributed by atoms with Gasteiger partial charge in [-0.2, -0.15) is 0 Å². The van der Waals surface area contributed by atoms with Gasteiger partial charge in [0, 0.05) is 15.1 Å². The molecule has 0 aliphatic heterocycles. The van der Waals surface area contributed by atoms with E-state index >= 15 is 0 Å². The fourth-order valence-electron chi connectivity index (χ4n) is 2.17. The summed E-state index contributed by atoms with van der Waals surface area (Å²) in [5.74, 6) is -0.303. The molecule has 3 aromatic rings. The third-order valence-electron chi connectivity index (χ3n) is 3.08. The number of carbonyl (C=O) groups excluding carboxylic acids is 1. The molecule has 20 heavy (non-hydrogen) atoms. The van der Waals surface area contributed by atoms with E-state index < -0.39 is 0 Å². The van der Waals surface area contributed by atoms with Crippen molar-refractivity contribution in [3.05, 3.63) is 58.4 Å². The van der Waals surface area contributed by atoms with E-state index in [9.17, 15) is 4.79 Å². The van der Waals surface area contributed by atoms with Crippen LogP contribution >= 0.6 is 22.9 Å². The maximum atomic E-state index is 11.7. The number of carbonyl (C=O) groups is 1. The Labute approximate surface area is 125 Å². The summed E-state index contributed by atoms with van der Waals surface area (Å²) in [7, 11) is 1.39. The molecule has 0 bridgehead atoms. The first-order valence-electron chi connectivity index (χ1n) is 6.06. The quantitative estimate of drug-likeness (QED) is 0.622. The topological polar surface area (TPSA) is 26.3 Å². The molecule has 0 amide bonds. The van der Waals surface area contributed by atoms with Crippen LogP contribution in [-0.4, -0.2) is 13.1 Å². The van der Waals surface area contributed by atoms with Crippen LogP contribution in [0.5, 0.6) is 0 Å². The normalized spacial score (nSPS) is 10.7. The molecule has 0 saturated heterocycles. The molecule has 0 radical (unpaired) electrons. The summed E-state index contributed by atoms with van der Waals surface area (Å²) >= 11 is 7.49. The molecule has 1 heterocycles. The monoisotopic (exact) mass is 302 g/mol. The predicted molar refractivity (Wildman–Crippen MR) is 83.6 cm³/mol. The highest BCUT2D eigenvalue weighted by Crippen LogP contribution is 2.35. The Morgan fingerprint density at radius 3 is 2.70 bits per heavy atom. The van der Waals surface area contributed by atoms with Gasteiger partial charge < -0.3 is 4.74 Å². The van der Waals surface area contributed by atoms with Crippen LogP contribution in [0.1, 0.15) is 9.67 Å².